The van der Waals surface area contributed by atoms with E-state index in [2.05, 4.69) is 53.2 Å². The summed E-state index contributed by atoms with van der Waals surface area (Å²) in [6, 6.07) is 4.90. The maximum atomic E-state index is 5.92. The van der Waals surface area contributed by atoms with Crippen molar-refractivity contribution in [3.8, 4) is 11.8 Å². The third-order valence-corrected chi connectivity index (χ3v) is 7.53. The molecule has 1 aliphatic heterocycles. The second kappa shape index (κ2) is 7.90. The van der Waals surface area contributed by atoms with Gasteiger partial charge in [-0.2, -0.15) is 0 Å². The van der Waals surface area contributed by atoms with Crippen LogP contribution < -0.4 is 4.90 Å². The van der Waals surface area contributed by atoms with Crippen LogP contribution in [0.25, 0.3) is 0 Å². The molecule has 1 unspecified atom stereocenters. The molecule has 4 aliphatic rings. The third kappa shape index (κ3) is 4.04. The van der Waals surface area contributed by atoms with E-state index in [1.807, 2.05) is 10.9 Å². The zero-order valence-corrected chi connectivity index (χ0v) is 19.1. The Bertz CT molecular complexity index is 1060. The average molecular weight is 433 g/mol. The SMILES string of the molecule is Cc1cc(C#CC2CC2)cc2c1C(N(C)c1cn(CC3OCC4(CC4)CO3)nn1)CCC2. The van der Waals surface area contributed by atoms with Gasteiger partial charge < -0.3 is 14.4 Å². The number of hydrogen-bond acceptors (Lipinski definition) is 5. The molecule has 2 aromatic rings. The standard InChI is InChI=1S/C26H32N4O2/c1-18-12-20(9-8-19-6-7-19)13-21-4-3-5-22(25(18)21)29(2)23-14-30(28-27-23)15-24-31-16-26(10-11-26)17-32-24/h12-14,19,22,24H,3-7,10-11,15-17H2,1-2H3. The van der Waals surface area contributed by atoms with Gasteiger partial charge in [0.15, 0.2) is 12.1 Å². The highest BCUT2D eigenvalue weighted by Gasteiger charge is 2.47. The molecule has 0 amide bonds. The van der Waals surface area contributed by atoms with E-state index in [0.717, 1.165) is 31.9 Å². The molecule has 6 heteroatoms. The summed E-state index contributed by atoms with van der Waals surface area (Å²) in [5, 5.41) is 8.84. The number of benzene rings is 1. The summed E-state index contributed by atoms with van der Waals surface area (Å²) in [7, 11) is 2.14. The van der Waals surface area contributed by atoms with Crippen LogP contribution in [0.15, 0.2) is 18.3 Å². The average Bonchev–Trinajstić information content (AvgIpc) is 3.73. The number of ether oxygens (including phenoxy) is 2. The number of hydrogen-bond donors (Lipinski definition) is 0. The lowest BCUT2D eigenvalue weighted by Gasteiger charge is -2.34. The summed E-state index contributed by atoms with van der Waals surface area (Å²) in [5.41, 5.74) is 5.71. The van der Waals surface area contributed by atoms with Crippen LogP contribution in [0.1, 0.15) is 66.8 Å². The van der Waals surface area contributed by atoms with Crippen LogP contribution in [0, 0.1) is 30.1 Å². The first kappa shape index (κ1) is 20.3. The zero-order chi connectivity index (χ0) is 21.7. The van der Waals surface area contributed by atoms with Crippen LogP contribution in [-0.4, -0.2) is 41.5 Å². The lowest BCUT2D eigenvalue weighted by Crippen LogP contribution is -2.36. The molecule has 6 rings (SSSR count). The largest absolute Gasteiger partial charge is 0.350 e. The van der Waals surface area contributed by atoms with Crippen molar-refractivity contribution in [1.29, 1.82) is 0 Å². The van der Waals surface area contributed by atoms with Crippen molar-refractivity contribution in [2.45, 2.75) is 70.7 Å². The lowest BCUT2D eigenvalue weighted by atomic mass is 9.83. The first-order valence-corrected chi connectivity index (χ1v) is 12.1. The number of aromatic nitrogens is 3. The Kier molecular flexibility index (Phi) is 5.00. The topological polar surface area (TPSA) is 52.4 Å². The van der Waals surface area contributed by atoms with Crippen LogP contribution in [0.3, 0.4) is 0 Å². The number of nitrogens with zero attached hydrogens (tertiary/aromatic N) is 4. The van der Waals surface area contributed by atoms with E-state index in [9.17, 15) is 0 Å². The van der Waals surface area contributed by atoms with Crippen molar-refractivity contribution in [2.75, 3.05) is 25.2 Å². The number of fused-ring (bicyclic) bond motifs is 1. The second-order valence-electron chi connectivity index (χ2n) is 10.3. The Morgan fingerprint density at radius 3 is 2.75 bits per heavy atom. The van der Waals surface area contributed by atoms with Crippen LogP contribution in [0.2, 0.25) is 0 Å². The molecule has 1 spiro atoms. The van der Waals surface area contributed by atoms with Gasteiger partial charge in [-0.05, 0) is 80.7 Å². The molecular weight excluding hydrogens is 400 g/mol. The van der Waals surface area contributed by atoms with E-state index in [-0.39, 0.29) is 6.29 Å². The Balaban J connectivity index is 1.17. The molecule has 0 N–H and O–H groups in total. The maximum absolute atomic E-state index is 5.92. The minimum atomic E-state index is -0.228. The predicted octanol–water partition coefficient (Wildman–Crippen LogP) is 4.01. The van der Waals surface area contributed by atoms with Gasteiger partial charge >= 0.3 is 0 Å². The highest BCUT2D eigenvalue weighted by atomic mass is 16.7. The van der Waals surface area contributed by atoms with E-state index in [0.29, 0.717) is 23.9 Å². The Morgan fingerprint density at radius 2 is 2.00 bits per heavy atom. The molecule has 32 heavy (non-hydrogen) atoms. The molecule has 2 saturated carbocycles. The molecule has 0 radical (unpaired) electrons. The molecule has 3 aliphatic carbocycles. The molecule has 1 saturated heterocycles. The third-order valence-electron chi connectivity index (χ3n) is 7.53. The fraction of sp³-hybridized carbons (Fsp3) is 0.615. The summed E-state index contributed by atoms with van der Waals surface area (Å²) >= 11 is 0. The van der Waals surface area contributed by atoms with Crippen molar-refractivity contribution in [3.05, 3.63) is 40.6 Å². The quantitative estimate of drug-likeness (QED) is 0.683. The molecule has 3 fully saturated rings. The number of anilines is 1. The van der Waals surface area contributed by atoms with E-state index in [4.69, 9.17) is 9.47 Å². The smallest absolute Gasteiger partial charge is 0.177 e. The van der Waals surface area contributed by atoms with Gasteiger partial charge in [-0.25, -0.2) is 4.68 Å². The van der Waals surface area contributed by atoms with Crippen LogP contribution in [-0.2, 0) is 22.4 Å². The molecule has 2 heterocycles. The molecule has 1 atom stereocenters. The van der Waals surface area contributed by atoms with Gasteiger partial charge in [0.25, 0.3) is 0 Å². The Morgan fingerprint density at radius 1 is 1.19 bits per heavy atom. The molecule has 168 valence electrons. The van der Waals surface area contributed by atoms with Gasteiger partial charge in [-0.1, -0.05) is 17.1 Å². The zero-order valence-electron chi connectivity index (χ0n) is 19.1. The Labute approximate surface area is 190 Å². The van der Waals surface area contributed by atoms with Crippen molar-refractivity contribution < 1.29 is 9.47 Å². The Hall–Kier alpha value is -2.36. The van der Waals surface area contributed by atoms with Gasteiger partial charge in [0.05, 0.1) is 32.0 Å². The summed E-state index contributed by atoms with van der Waals surface area (Å²) in [6.45, 7) is 4.43. The van der Waals surface area contributed by atoms with Crippen LogP contribution in [0.4, 0.5) is 5.82 Å². The highest BCUT2D eigenvalue weighted by molar-refractivity contribution is 5.51. The van der Waals surface area contributed by atoms with E-state index < -0.39 is 0 Å². The summed E-state index contributed by atoms with van der Waals surface area (Å²) in [6.07, 6.45) is 10.2. The minimum Gasteiger partial charge on any atom is -0.350 e. The van der Waals surface area contributed by atoms with Crippen LogP contribution >= 0.6 is 0 Å². The lowest BCUT2D eigenvalue weighted by molar-refractivity contribution is -0.213. The fourth-order valence-corrected chi connectivity index (χ4v) is 5.11. The summed E-state index contributed by atoms with van der Waals surface area (Å²) < 4.78 is 13.7. The number of aryl methyl sites for hydroxylation is 2. The highest BCUT2D eigenvalue weighted by Crippen LogP contribution is 2.48. The number of rotatable bonds is 4. The normalized spacial score (nSPS) is 24.0. The van der Waals surface area contributed by atoms with E-state index >= 15 is 0 Å². The summed E-state index contributed by atoms with van der Waals surface area (Å²) in [4.78, 5) is 2.28. The molecule has 6 nitrogen and oxygen atoms in total. The van der Waals surface area contributed by atoms with Crippen molar-refractivity contribution >= 4 is 5.82 Å². The summed E-state index contributed by atoms with van der Waals surface area (Å²) in [5.74, 6) is 8.35. The first-order chi connectivity index (χ1) is 15.6. The molecule has 1 aromatic heterocycles. The van der Waals surface area contributed by atoms with Crippen molar-refractivity contribution in [3.63, 3.8) is 0 Å². The molecular formula is C26H32N4O2. The monoisotopic (exact) mass is 432 g/mol. The maximum Gasteiger partial charge on any atom is 0.177 e. The van der Waals surface area contributed by atoms with Crippen molar-refractivity contribution in [2.24, 2.45) is 11.3 Å². The fourth-order valence-electron chi connectivity index (χ4n) is 5.11. The molecule has 1 aromatic carbocycles. The minimum absolute atomic E-state index is 0.228. The predicted molar refractivity (Wildman–Crippen MR) is 122 cm³/mol. The van der Waals surface area contributed by atoms with Gasteiger partial charge in [-0.15, -0.1) is 5.10 Å². The van der Waals surface area contributed by atoms with Gasteiger partial charge in [0.1, 0.15) is 0 Å². The van der Waals surface area contributed by atoms with E-state index in [1.165, 1.54) is 54.4 Å². The van der Waals surface area contributed by atoms with E-state index in [1.54, 1.807) is 0 Å². The van der Waals surface area contributed by atoms with Gasteiger partial charge in [0.2, 0.25) is 0 Å². The van der Waals surface area contributed by atoms with Crippen LogP contribution in [0.5, 0.6) is 0 Å². The van der Waals surface area contributed by atoms with Crippen molar-refractivity contribution in [1.82, 2.24) is 15.0 Å². The second-order valence-corrected chi connectivity index (χ2v) is 10.3. The van der Waals surface area contributed by atoms with Gasteiger partial charge in [0, 0.05) is 23.9 Å². The van der Waals surface area contributed by atoms with Gasteiger partial charge in [-0.3, -0.25) is 0 Å². The first-order valence-electron chi connectivity index (χ1n) is 12.1. The molecule has 0 bridgehead atoms.